The molecule has 0 fully saturated rings. The minimum Gasteiger partial charge on any atom is -0.464 e. The van der Waals surface area contributed by atoms with Crippen LogP contribution < -0.4 is 5.73 Å². The SMILES string of the molecule is CC(c1ccc2occc2c1)C(N)CO. The third kappa shape index (κ3) is 1.89. The van der Waals surface area contributed by atoms with Crippen molar-refractivity contribution < 1.29 is 9.52 Å². The van der Waals surface area contributed by atoms with Gasteiger partial charge in [0.15, 0.2) is 0 Å². The Bertz CT molecular complexity index is 450. The zero-order valence-electron chi connectivity index (χ0n) is 8.68. The maximum Gasteiger partial charge on any atom is 0.133 e. The Morgan fingerprint density at radius 1 is 1.40 bits per heavy atom. The lowest BCUT2D eigenvalue weighted by molar-refractivity contribution is 0.252. The highest BCUT2D eigenvalue weighted by Crippen LogP contribution is 2.23. The number of furan rings is 1. The summed E-state index contributed by atoms with van der Waals surface area (Å²) < 4.78 is 5.26. The third-order valence-electron chi connectivity index (χ3n) is 2.86. The molecule has 0 bridgehead atoms. The van der Waals surface area contributed by atoms with Gasteiger partial charge in [-0.3, -0.25) is 0 Å². The largest absolute Gasteiger partial charge is 0.464 e. The van der Waals surface area contributed by atoms with E-state index in [1.54, 1.807) is 6.26 Å². The number of nitrogens with two attached hydrogens (primary N) is 1. The Kier molecular flexibility index (Phi) is 2.75. The Balaban J connectivity index is 2.35. The van der Waals surface area contributed by atoms with Crippen LogP contribution in [-0.2, 0) is 0 Å². The fraction of sp³-hybridized carbons (Fsp3) is 0.333. The Labute approximate surface area is 88.5 Å². The number of aliphatic hydroxyl groups excluding tert-OH is 1. The zero-order valence-corrected chi connectivity index (χ0v) is 8.68. The molecule has 0 amide bonds. The van der Waals surface area contributed by atoms with Gasteiger partial charge in [-0.25, -0.2) is 0 Å². The summed E-state index contributed by atoms with van der Waals surface area (Å²) in [6.45, 7) is 2.02. The summed E-state index contributed by atoms with van der Waals surface area (Å²) in [6.07, 6.45) is 1.67. The fourth-order valence-electron chi connectivity index (χ4n) is 1.67. The molecule has 1 aromatic heterocycles. The molecule has 3 nitrogen and oxygen atoms in total. The van der Waals surface area contributed by atoms with E-state index in [0.717, 1.165) is 16.5 Å². The summed E-state index contributed by atoms with van der Waals surface area (Å²) in [6, 6.07) is 7.70. The van der Waals surface area contributed by atoms with Crippen LogP contribution in [-0.4, -0.2) is 17.8 Å². The lowest BCUT2D eigenvalue weighted by Crippen LogP contribution is -2.30. The van der Waals surface area contributed by atoms with Gasteiger partial charge in [0.05, 0.1) is 12.9 Å². The van der Waals surface area contributed by atoms with Crippen LogP contribution in [0.25, 0.3) is 11.0 Å². The molecule has 0 aliphatic heterocycles. The summed E-state index contributed by atoms with van der Waals surface area (Å²) >= 11 is 0. The van der Waals surface area contributed by atoms with E-state index in [1.807, 2.05) is 25.1 Å². The van der Waals surface area contributed by atoms with Crippen molar-refractivity contribution in [1.29, 1.82) is 0 Å². The van der Waals surface area contributed by atoms with Gasteiger partial charge in [-0.2, -0.15) is 0 Å². The highest BCUT2D eigenvalue weighted by Gasteiger charge is 2.14. The first-order valence-electron chi connectivity index (χ1n) is 5.06. The first-order chi connectivity index (χ1) is 7.22. The lowest BCUT2D eigenvalue weighted by atomic mass is 9.93. The molecule has 0 aliphatic carbocycles. The van der Waals surface area contributed by atoms with Gasteiger partial charge in [0.25, 0.3) is 0 Å². The number of benzene rings is 1. The van der Waals surface area contributed by atoms with Gasteiger partial charge in [0.2, 0.25) is 0 Å². The number of fused-ring (bicyclic) bond motifs is 1. The van der Waals surface area contributed by atoms with Crippen LogP contribution in [0.3, 0.4) is 0 Å². The van der Waals surface area contributed by atoms with Gasteiger partial charge in [0, 0.05) is 11.4 Å². The standard InChI is InChI=1S/C12H15NO2/c1-8(11(13)7-14)9-2-3-12-10(6-9)4-5-15-12/h2-6,8,11,14H,7,13H2,1H3. The van der Waals surface area contributed by atoms with Crippen LogP contribution in [0, 0.1) is 0 Å². The quantitative estimate of drug-likeness (QED) is 0.804. The molecule has 0 radical (unpaired) electrons. The van der Waals surface area contributed by atoms with Gasteiger partial charge in [0.1, 0.15) is 5.58 Å². The van der Waals surface area contributed by atoms with E-state index in [-0.39, 0.29) is 18.6 Å². The van der Waals surface area contributed by atoms with Gasteiger partial charge < -0.3 is 15.3 Å². The average Bonchev–Trinajstić information content (AvgIpc) is 2.73. The molecule has 0 saturated heterocycles. The molecular weight excluding hydrogens is 190 g/mol. The van der Waals surface area contributed by atoms with Crippen LogP contribution in [0.2, 0.25) is 0 Å². The molecule has 3 N–H and O–H groups in total. The molecule has 1 aromatic carbocycles. The molecule has 0 spiro atoms. The summed E-state index contributed by atoms with van der Waals surface area (Å²) in [4.78, 5) is 0. The number of rotatable bonds is 3. The van der Waals surface area contributed by atoms with Crippen molar-refractivity contribution >= 4 is 11.0 Å². The second kappa shape index (κ2) is 4.04. The van der Waals surface area contributed by atoms with Gasteiger partial charge in [-0.1, -0.05) is 13.0 Å². The molecule has 3 heteroatoms. The normalized spacial score (nSPS) is 15.4. The highest BCUT2D eigenvalue weighted by molar-refractivity contribution is 5.77. The number of hydrogen-bond donors (Lipinski definition) is 2. The smallest absolute Gasteiger partial charge is 0.133 e. The summed E-state index contributed by atoms with van der Waals surface area (Å²) in [7, 11) is 0. The maximum atomic E-state index is 9.00. The first kappa shape index (κ1) is 10.2. The van der Waals surface area contributed by atoms with Crippen molar-refractivity contribution in [3.05, 3.63) is 36.1 Å². The Morgan fingerprint density at radius 3 is 2.93 bits per heavy atom. The second-order valence-electron chi connectivity index (χ2n) is 3.85. The zero-order chi connectivity index (χ0) is 10.8. The molecule has 0 saturated carbocycles. The van der Waals surface area contributed by atoms with Crippen molar-refractivity contribution in [3.8, 4) is 0 Å². The lowest BCUT2D eigenvalue weighted by Gasteiger charge is -2.17. The maximum absolute atomic E-state index is 9.00. The van der Waals surface area contributed by atoms with Crippen LogP contribution in [0.15, 0.2) is 34.9 Å². The van der Waals surface area contributed by atoms with Crippen molar-refractivity contribution in [2.45, 2.75) is 18.9 Å². The van der Waals surface area contributed by atoms with Crippen LogP contribution in [0.5, 0.6) is 0 Å². The molecule has 2 aromatic rings. The summed E-state index contributed by atoms with van der Waals surface area (Å²) in [5.41, 5.74) is 7.80. The summed E-state index contributed by atoms with van der Waals surface area (Å²) in [5, 5.41) is 10.1. The highest BCUT2D eigenvalue weighted by atomic mass is 16.3. The van der Waals surface area contributed by atoms with E-state index >= 15 is 0 Å². The Hall–Kier alpha value is -1.32. The predicted octanol–water partition coefficient (Wildman–Crippen LogP) is 1.86. The molecule has 2 rings (SSSR count). The molecule has 1 heterocycles. The summed E-state index contributed by atoms with van der Waals surface area (Å²) in [5.74, 6) is 0.147. The van der Waals surface area contributed by atoms with Crippen molar-refractivity contribution in [1.82, 2.24) is 0 Å². The van der Waals surface area contributed by atoms with Gasteiger partial charge in [-0.05, 0) is 29.7 Å². The van der Waals surface area contributed by atoms with E-state index < -0.39 is 0 Å². The average molecular weight is 205 g/mol. The molecular formula is C12H15NO2. The van der Waals surface area contributed by atoms with Gasteiger partial charge >= 0.3 is 0 Å². The van der Waals surface area contributed by atoms with E-state index in [2.05, 4.69) is 6.07 Å². The van der Waals surface area contributed by atoms with E-state index in [9.17, 15) is 0 Å². The molecule has 2 unspecified atom stereocenters. The van der Waals surface area contributed by atoms with Crippen LogP contribution in [0.1, 0.15) is 18.4 Å². The number of hydrogen-bond acceptors (Lipinski definition) is 3. The molecule has 0 aliphatic rings. The van der Waals surface area contributed by atoms with Crippen molar-refractivity contribution in [2.75, 3.05) is 6.61 Å². The van der Waals surface area contributed by atoms with Crippen LogP contribution in [0.4, 0.5) is 0 Å². The van der Waals surface area contributed by atoms with Crippen molar-refractivity contribution in [2.24, 2.45) is 5.73 Å². The topological polar surface area (TPSA) is 59.4 Å². The number of aliphatic hydroxyl groups is 1. The molecule has 15 heavy (non-hydrogen) atoms. The monoisotopic (exact) mass is 205 g/mol. The minimum atomic E-state index is -0.214. The predicted molar refractivity (Wildman–Crippen MR) is 59.7 cm³/mol. The van der Waals surface area contributed by atoms with Crippen LogP contribution >= 0.6 is 0 Å². The van der Waals surface area contributed by atoms with Gasteiger partial charge in [-0.15, -0.1) is 0 Å². The van der Waals surface area contributed by atoms with E-state index in [0.29, 0.717) is 0 Å². The molecule has 2 atom stereocenters. The second-order valence-corrected chi connectivity index (χ2v) is 3.85. The van der Waals surface area contributed by atoms with E-state index in [4.69, 9.17) is 15.3 Å². The third-order valence-corrected chi connectivity index (χ3v) is 2.86. The first-order valence-corrected chi connectivity index (χ1v) is 5.06. The molecule has 80 valence electrons. The van der Waals surface area contributed by atoms with E-state index in [1.165, 1.54) is 0 Å². The fourth-order valence-corrected chi connectivity index (χ4v) is 1.67. The minimum absolute atomic E-state index is 0.00455. The van der Waals surface area contributed by atoms with Crippen molar-refractivity contribution in [3.63, 3.8) is 0 Å². The Morgan fingerprint density at radius 2 is 2.20 bits per heavy atom.